The Labute approximate surface area is 124 Å². The number of nitrogens with one attached hydrogen (secondary N) is 1. The number of aliphatic hydroxyl groups excluding tert-OH is 1. The Morgan fingerprint density at radius 1 is 1.14 bits per heavy atom. The second kappa shape index (κ2) is 7.41. The highest BCUT2D eigenvalue weighted by Gasteiger charge is 2.11. The first-order valence-corrected chi connectivity index (χ1v) is 6.90. The van der Waals surface area contributed by atoms with Crippen molar-refractivity contribution in [3.05, 3.63) is 77.4 Å². The lowest BCUT2D eigenvalue weighted by Gasteiger charge is -2.15. The summed E-state index contributed by atoms with van der Waals surface area (Å²) in [6.07, 6.45) is 3.24. The van der Waals surface area contributed by atoms with Crippen molar-refractivity contribution in [3.8, 4) is 0 Å². The van der Waals surface area contributed by atoms with Gasteiger partial charge in [0.1, 0.15) is 0 Å². The average Bonchev–Trinajstić information content (AvgIpc) is 2.53. The summed E-state index contributed by atoms with van der Waals surface area (Å²) in [5, 5.41) is 12.2. The number of aliphatic hydroxyl groups is 1. The molecule has 0 aromatic heterocycles. The van der Waals surface area contributed by atoms with Crippen molar-refractivity contribution in [3.63, 3.8) is 0 Å². The van der Waals surface area contributed by atoms with Crippen molar-refractivity contribution >= 4 is 12.0 Å². The number of carbonyl (C=O) groups excluding carboxylic acids is 1. The van der Waals surface area contributed by atoms with E-state index in [0.29, 0.717) is 0 Å². The van der Waals surface area contributed by atoms with E-state index in [-0.39, 0.29) is 18.6 Å². The molecular weight excluding hydrogens is 262 g/mol. The van der Waals surface area contributed by atoms with Crippen molar-refractivity contribution in [1.82, 2.24) is 5.32 Å². The van der Waals surface area contributed by atoms with E-state index < -0.39 is 0 Å². The van der Waals surface area contributed by atoms with Crippen LogP contribution < -0.4 is 5.32 Å². The molecule has 0 saturated carbocycles. The van der Waals surface area contributed by atoms with Crippen LogP contribution in [0.4, 0.5) is 0 Å². The molecule has 1 amide bonds. The molecular formula is C18H19NO2. The van der Waals surface area contributed by atoms with Gasteiger partial charge in [-0.2, -0.15) is 0 Å². The van der Waals surface area contributed by atoms with Crippen LogP contribution in [0.5, 0.6) is 0 Å². The van der Waals surface area contributed by atoms with Crippen molar-refractivity contribution in [2.24, 2.45) is 0 Å². The van der Waals surface area contributed by atoms with Gasteiger partial charge in [0.2, 0.25) is 5.91 Å². The summed E-state index contributed by atoms with van der Waals surface area (Å²) >= 11 is 0. The summed E-state index contributed by atoms with van der Waals surface area (Å²) in [4.78, 5) is 11.9. The molecule has 2 aromatic carbocycles. The van der Waals surface area contributed by atoms with E-state index in [0.717, 1.165) is 11.1 Å². The minimum absolute atomic E-state index is 0.131. The molecule has 0 aliphatic rings. The highest BCUT2D eigenvalue weighted by Crippen LogP contribution is 2.11. The number of hydrogen-bond donors (Lipinski definition) is 2. The zero-order chi connectivity index (χ0) is 15.1. The number of carbonyl (C=O) groups is 1. The van der Waals surface area contributed by atoms with Gasteiger partial charge in [-0.15, -0.1) is 0 Å². The Balaban J connectivity index is 1.98. The number of aryl methyl sites for hydroxylation is 1. The fourth-order valence-corrected chi connectivity index (χ4v) is 1.99. The third kappa shape index (κ3) is 4.58. The van der Waals surface area contributed by atoms with Crippen LogP contribution in [0.15, 0.2) is 60.7 Å². The van der Waals surface area contributed by atoms with Gasteiger partial charge in [0.25, 0.3) is 0 Å². The lowest BCUT2D eigenvalue weighted by molar-refractivity contribution is -0.117. The Bertz CT molecular complexity index is 603. The van der Waals surface area contributed by atoms with Crippen LogP contribution in [0, 0.1) is 6.92 Å². The minimum Gasteiger partial charge on any atom is -0.394 e. The second-order valence-corrected chi connectivity index (χ2v) is 4.90. The fourth-order valence-electron chi connectivity index (χ4n) is 1.99. The number of amides is 1. The molecule has 21 heavy (non-hydrogen) atoms. The quantitative estimate of drug-likeness (QED) is 0.828. The van der Waals surface area contributed by atoms with Crippen LogP contribution >= 0.6 is 0 Å². The first-order chi connectivity index (χ1) is 10.2. The molecule has 2 aromatic rings. The molecule has 2 N–H and O–H groups in total. The van der Waals surface area contributed by atoms with Gasteiger partial charge in [-0.25, -0.2) is 0 Å². The summed E-state index contributed by atoms with van der Waals surface area (Å²) in [6, 6.07) is 16.9. The van der Waals surface area contributed by atoms with E-state index in [4.69, 9.17) is 0 Å². The summed E-state index contributed by atoms with van der Waals surface area (Å²) in [6.45, 7) is 1.89. The molecule has 0 aliphatic heterocycles. The highest BCUT2D eigenvalue weighted by molar-refractivity contribution is 5.92. The van der Waals surface area contributed by atoms with Crippen molar-refractivity contribution in [2.45, 2.75) is 13.0 Å². The second-order valence-electron chi connectivity index (χ2n) is 4.90. The van der Waals surface area contributed by atoms with Crippen molar-refractivity contribution in [2.75, 3.05) is 6.61 Å². The number of rotatable bonds is 5. The molecule has 0 bridgehead atoms. The molecule has 0 saturated heterocycles. The molecule has 0 fully saturated rings. The highest BCUT2D eigenvalue weighted by atomic mass is 16.3. The number of benzene rings is 2. The smallest absolute Gasteiger partial charge is 0.244 e. The predicted molar refractivity (Wildman–Crippen MR) is 84.6 cm³/mol. The molecule has 108 valence electrons. The Hall–Kier alpha value is -2.39. The Morgan fingerprint density at radius 3 is 2.43 bits per heavy atom. The normalized spacial score (nSPS) is 12.3. The number of hydrogen-bond acceptors (Lipinski definition) is 2. The van der Waals surface area contributed by atoms with Crippen LogP contribution in [0.1, 0.15) is 22.7 Å². The molecule has 0 aliphatic carbocycles. The van der Waals surface area contributed by atoms with E-state index in [2.05, 4.69) is 5.32 Å². The first kappa shape index (κ1) is 15.0. The van der Waals surface area contributed by atoms with Crippen LogP contribution in [-0.2, 0) is 4.79 Å². The van der Waals surface area contributed by atoms with Gasteiger partial charge in [-0.1, -0.05) is 60.2 Å². The maximum Gasteiger partial charge on any atom is 0.244 e. The minimum atomic E-state index is -0.388. The Kier molecular flexibility index (Phi) is 5.29. The zero-order valence-corrected chi connectivity index (χ0v) is 12.0. The van der Waals surface area contributed by atoms with Gasteiger partial charge >= 0.3 is 0 Å². The van der Waals surface area contributed by atoms with E-state index in [1.54, 1.807) is 6.08 Å². The standard InChI is InChI=1S/C18H19NO2/c1-14-7-9-15(10-8-14)11-12-18(21)19-17(13-20)16-5-3-2-4-6-16/h2-12,17,20H,13H2,1H3,(H,19,21)/b12-11+/t17-/m0/s1. The van der Waals surface area contributed by atoms with E-state index >= 15 is 0 Å². The topological polar surface area (TPSA) is 49.3 Å². The molecule has 1 atom stereocenters. The fraction of sp³-hybridized carbons (Fsp3) is 0.167. The van der Waals surface area contributed by atoms with Gasteiger partial charge in [-0.05, 0) is 24.1 Å². The third-order valence-corrected chi connectivity index (χ3v) is 3.21. The maximum atomic E-state index is 11.9. The average molecular weight is 281 g/mol. The van der Waals surface area contributed by atoms with Gasteiger partial charge in [-0.3, -0.25) is 4.79 Å². The molecule has 2 rings (SSSR count). The molecule has 0 unspecified atom stereocenters. The predicted octanol–water partition coefficient (Wildman–Crippen LogP) is 2.86. The zero-order valence-electron chi connectivity index (χ0n) is 12.0. The summed E-state index contributed by atoms with van der Waals surface area (Å²) in [5.41, 5.74) is 3.04. The maximum absolute atomic E-state index is 11.9. The summed E-state index contributed by atoms with van der Waals surface area (Å²) < 4.78 is 0. The van der Waals surface area contributed by atoms with Gasteiger partial charge in [0.05, 0.1) is 12.6 Å². The van der Waals surface area contributed by atoms with E-state index in [9.17, 15) is 9.90 Å². The SMILES string of the molecule is Cc1ccc(/C=C/C(=O)N[C@@H](CO)c2ccccc2)cc1. The first-order valence-electron chi connectivity index (χ1n) is 6.90. The molecule has 0 heterocycles. The third-order valence-electron chi connectivity index (χ3n) is 3.21. The lowest BCUT2D eigenvalue weighted by atomic mass is 10.1. The van der Waals surface area contributed by atoms with Crippen molar-refractivity contribution < 1.29 is 9.90 Å². The van der Waals surface area contributed by atoms with Gasteiger partial charge < -0.3 is 10.4 Å². The van der Waals surface area contributed by atoms with Gasteiger partial charge in [0.15, 0.2) is 0 Å². The van der Waals surface area contributed by atoms with Crippen LogP contribution in [0.25, 0.3) is 6.08 Å². The summed E-state index contributed by atoms with van der Waals surface area (Å²) in [5.74, 6) is -0.224. The van der Waals surface area contributed by atoms with Gasteiger partial charge in [0, 0.05) is 6.08 Å². The van der Waals surface area contributed by atoms with Crippen LogP contribution in [0.3, 0.4) is 0 Å². The monoisotopic (exact) mass is 281 g/mol. The summed E-state index contributed by atoms with van der Waals surface area (Å²) in [7, 11) is 0. The van der Waals surface area contributed by atoms with Crippen LogP contribution in [0.2, 0.25) is 0 Å². The van der Waals surface area contributed by atoms with E-state index in [1.165, 1.54) is 11.6 Å². The molecule has 0 spiro atoms. The molecule has 0 radical (unpaired) electrons. The van der Waals surface area contributed by atoms with E-state index in [1.807, 2.05) is 61.5 Å². The largest absolute Gasteiger partial charge is 0.394 e. The molecule has 3 heteroatoms. The molecule has 3 nitrogen and oxygen atoms in total. The van der Waals surface area contributed by atoms with Crippen LogP contribution in [-0.4, -0.2) is 17.6 Å². The Morgan fingerprint density at radius 2 is 1.81 bits per heavy atom. The van der Waals surface area contributed by atoms with Crippen molar-refractivity contribution in [1.29, 1.82) is 0 Å². The lowest BCUT2D eigenvalue weighted by Crippen LogP contribution is -2.29.